The van der Waals surface area contributed by atoms with Gasteiger partial charge in [-0.25, -0.2) is 0 Å². The Morgan fingerprint density at radius 3 is 2.55 bits per heavy atom. The highest BCUT2D eigenvalue weighted by atomic mass is 35.5. The van der Waals surface area contributed by atoms with Gasteiger partial charge in [-0.05, 0) is 36.3 Å². The fraction of sp³-hybridized carbons (Fsp3) is 0.562. The Balaban J connectivity index is 1.49. The number of nitrogens with one attached hydrogen (secondary N) is 3. The van der Waals surface area contributed by atoms with E-state index in [2.05, 4.69) is 10.6 Å². The Kier molecular flexibility index (Phi) is 7.94. The van der Waals surface area contributed by atoms with Gasteiger partial charge in [0.1, 0.15) is 13.1 Å². The van der Waals surface area contributed by atoms with E-state index in [1.54, 1.807) is 4.90 Å². The number of ether oxygens (including phenoxy) is 1. The quantitative estimate of drug-likeness (QED) is 0.502. The second-order valence-electron chi connectivity index (χ2n) is 5.53. The summed E-state index contributed by atoms with van der Waals surface area (Å²) in [5, 5.41) is 8.03. The summed E-state index contributed by atoms with van der Waals surface area (Å²) in [6, 6.07) is 7.93. The largest absolute Gasteiger partial charge is 0.370 e. The van der Waals surface area contributed by atoms with Crippen LogP contribution in [-0.2, 0) is 11.2 Å². The van der Waals surface area contributed by atoms with Gasteiger partial charge in [0.25, 0.3) is 0 Å². The molecule has 1 fully saturated rings. The lowest BCUT2D eigenvalue weighted by molar-refractivity contribution is -0.908. The summed E-state index contributed by atoms with van der Waals surface area (Å²) >= 11 is 11.2. The maximum atomic E-state index is 5.87. The predicted molar refractivity (Wildman–Crippen MR) is 94.8 cm³/mol. The first-order valence-electron chi connectivity index (χ1n) is 7.91. The zero-order valence-corrected chi connectivity index (χ0v) is 14.4. The molecule has 0 aliphatic carbocycles. The lowest BCUT2D eigenvalue weighted by Crippen LogP contribution is -3.14. The van der Waals surface area contributed by atoms with Crippen LogP contribution >= 0.6 is 23.8 Å². The smallest absolute Gasteiger partial charge is 0.166 e. The van der Waals surface area contributed by atoms with Gasteiger partial charge < -0.3 is 20.3 Å². The third-order valence-electron chi connectivity index (χ3n) is 3.81. The van der Waals surface area contributed by atoms with E-state index in [0.717, 1.165) is 62.4 Å². The van der Waals surface area contributed by atoms with Gasteiger partial charge in [0.15, 0.2) is 5.11 Å². The van der Waals surface area contributed by atoms with E-state index < -0.39 is 0 Å². The average molecular weight is 343 g/mol. The Bertz CT molecular complexity index is 449. The Morgan fingerprint density at radius 1 is 1.14 bits per heavy atom. The SMILES string of the molecule is S=C(NCCC[NH+]1CCOCC1)NCCc1ccc(Cl)cc1. The van der Waals surface area contributed by atoms with Gasteiger partial charge in [0.05, 0.1) is 19.8 Å². The lowest BCUT2D eigenvalue weighted by atomic mass is 10.1. The van der Waals surface area contributed by atoms with Gasteiger partial charge in [0, 0.05) is 24.5 Å². The van der Waals surface area contributed by atoms with E-state index in [1.807, 2.05) is 24.3 Å². The highest BCUT2D eigenvalue weighted by molar-refractivity contribution is 7.80. The van der Waals surface area contributed by atoms with E-state index in [4.69, 9.17) is 28.6 Å². The van der Waals surface area contributed by atoms with Crippen molar-refractivity contribution >= 4 is 28.9 Å². The summed E-state index contributed by atoms with van der Waals surface area (Å²) in [6.45, 7) is 7.00. The highest BCUT2D eigenvalue weighted by Gasteiger charge is 2.12. The number of hydrogen-bond acceptors (Lipinski definition) is 2. The monoisotopic (exact) mass is 342 g/mol. The maximum absolute atomic E-state index is 5.87. The van der Waals surface area contributed by atoms with Crippen LogP contribution in [0.1, 0.15) is 12.0 Å². The highest BCUT2D eigenvalue weighted by Crippen LogP contribution is 2.09. The molecule has 0 radical (unpaired) electrons. The van der Waals surface area contributed by atoms with Crippen molar-refractivity contribution in [3.63, 3.8) is 0 Å². The van der Waals surface area contributed by atoms with Gasteiger partial charge in [-0.15, -0.1) is 0 Å². The molecule has 1 aromatic rings. The standard InChI is InChI=1S/C16H24ClN3OS/c17-15-4-2-14(3-5-15)6-8-19-16(22)18-7-1-9-20-10-12-21-13-11-20/h2-5H,1,6-13H2,(H2,18,19,22)/p+1. The molecule has 0 saturated carbocycles. The predicted octanol–water partition coefficient (Wildman–Crippen LogP) is 0.652. The fourth-order valence-corrected chi connectivity index (χ4v) is 2.81. The summed E-state index contributed by atoms with van der Waals surface area (Å²) < 4.78 is 5.36. The zero-order valence-electron chi connectivity index (χ0n) is 12.9. The van der Waals surface area contributed by atoms with Gasteiger partial charge in [-0.3, -0.25) is 0 Å². The van der Waals surface area contributed by atoms with E-state index in [1.165, 1.54) is 12.1 Å². The minimum Gasteiger partial charge on any atom is -0.370 e. The minimum atomic E-state index is 0.742. The molecule has 0 bridgehead atoms. The van der Waals surface area contributed by atoms with E-state index >= 15 is 0 Å². The summed E-state index contributed by atoms with van der Waals surface area (Å²) in [5.74, 6) is 0. The molecule has 1 heterocycles. The van der Waals surface area contributed by atoms with Crippen molar-refractivity contribution in [1.29, 1.82) is 0 Å². The van der Waals surface area contributed by atoms with Crippen molar-refractivity contribution in [2.45, 2.75) is 12.8 Å². The van der Waals surface area contributed by atoms with Gasteiger partial charge in [-0.1, -0.05) is 23.7 Å². The van der Waals surface area contributed by atoms with Crippen LogP contribution in [0.15, 0.2) is 24.3 Å². The molecule has 3 N–H and O–H groups in total. The van der Waals surface area contributed by atoms with Crippen LogP contribution in [-0.4, -0.2) is 51.0 Å². The van der Waals surface area contributed by atoms with Crippen LogP contribution in [0.4, 0.5) is 0 Å². The molecule has 1 aromatic carbocycles. The van der Waals surface area contributed by atoms with Crippen molar-refractivity contribution in [2.24, 2.45) is 0 Å². The first-order valence-corrected chi connectivity index (χ1v) is 8.70. The molecule has 0 amide bonds. The molecule has 0 unspecified atom stereocenters. The van der Waals surface area contributed by atoms with Gasteiger partial charge >= 0.3 is 0 Å². The molecule has 6 heteroatoms. The lowest BCUT2D eigenvalue weighted by Gasteiger charge is -2.23. The maximum Gasteiger partial charge on any atom is 0.166 e. The average Bonchev–Trinajstić information content (AvgIpc) is 2.54. The molecule has 0 spiro atoms. The molecular formula is C16H25ClN3OS+. The molecule has 22 heavy (non-hydrogen) atoms. The first kappa shape index (κ1) is 17.5. The van der Waals surface area contributed by atoms with Crippen LogP contribution in [0, 0.1) is 0 Å². The van der Waals surface area contributed by atoms with E-state index in [0.29, 0.717) is 0 Å². The molecule has 1 aliphatic heterocycles. The summed E-state index contributed by atoms with van der Waals surface area (Å²) in [5.41, 5.74) is 1.26. The number of benzene rings is 1. The third kappa shape index (κ3) is 6.92. The molecular weight excluding hydrogens is 318 g/mol. The zero-order chi connectivity index (χ0) is 15.6. The second-order valence-corrected chi connectivity index (χ2v) is 6.37. The van der Waals surface area contributed by atoms with Crippen molar-refractivity contribution in [3.05, 3.63) is 34.9 Å². The number of thiocarbonyl (C=S) groups is 1. The number of quaternary nitrogens is 1. The molecule has 4 nitrogen and oxygen atoms in total. The molecule has 0 aromatic heterocycles. The van der Waals surface area contributed by atoms with Crippen LogP contribution < -0.4 is 15.5 Å². The Labute approximate surface area is 143 Å². The number of rotatable bonds is 7. The molecule has 1 saturated heterocycles. The second kappa shape index (κ2) is 10.0. The van der Waals surface area contributed by atoms with Crippen LogP contribution in [0.3, 0.4) is 0 Å². The van der Waals surface area contributed by atoms with E-state index in [9.17, 15) is 0 Å². The van der Waals surface area contributed by atoms with Crippen LogP contribution in [0.5, 0.6) is 0 Å². The molecule has 122 valence electrons. The number of halogens is 1. The van der Waals surface area contributed by atoms with Crippen molar-refractivity contribution in [3.8, 4) is 0 Å². The molecule has 0 atom stereocenters. The molecule has 1 aliphatic rings. The Hall–Kier alpha value is -0.880. The van der Waals surface area contributed by atoms with Crippen LogP contribution in [0.25, 0.3) is 0 Å². The molecule has 2 rings (SSSR count). The van der Waals surface area contributed by atoms with Crippen molar-refractivity contribution < 1.29 is 9.64 Å². The summed E-state index contributed by atoms with van der Waals surface area (Å²) in [7, 11) is 0. The summed E-state index contributed by atoms with van der Waals surface area (Å²) in [6.07, 6.45) is 2.07. The number of hydrogen-bond donors (Lipinski definition) is 3. The van der Waals surface area contributed by atoms with Gasteiger partial charge in [0.2, 0.25) is 0 Å². The van der Waals surface area contributed by atoms with Gasteiger partial charge in [-0.2, -0.15) is 0 Å². The summed E-state index contributed by atoms with van der Waals surface area (Å²) in [4.78, 5) is 1.63. The normalized spacial score (nSPS) is 15.5. The Morgan fingerprint density at radius 2 is 1.82 bits per heavy atom. The van der Waals surface area contributed by atoms with Crippen molar-refractivity contribution in [1.82, 2.24) is 10.6 Å². The van der Waals surface area contributed by atoms with Crippen molar-refractivity contribution in [2.75, 3.05) is 45.9 Å². The van der Waals surface area contributed by atoms with Crippen LogP contribution in [0.2, 0.25) is 5.02 Å². The third-order valence-corrected chi connectivity index (χ3v) is 4.35. The topological polar surface area (TPSA) is 37.7 Å². The number of morpholine rings is 1. The fourth-order valence-electron chi connectivity index (χ4n) is 2.48. The minimum absolute atomic E-state index is 0.742. The van der Waals surface area contributed by atoms with E-state index in [-0.39, 0.29) is 0 Å². The first-order chi connectivity index (χ1) is 10.7.